The van der Waals surface area contributed by atoms with Crippen LogP contribution in [0.3, 0.4) is 0 Å². The number of nitrogens with one attached hydrogen (secondary N) is 1. The van der Waals surface area contributed by atoms with Crippen molar-refractivity contribution in [1.29, 1.82) is 0 Å². The van der Waals surface area contributed by atoms with Crippen molar-refractivity contribution >= 4 is 11.6 Å². The standard InChI is InChI=1S/C13H24N4O2/c1-3-18-10-8-17(9-11-19-4-2)13-7-5-6-12(15-13)16-14/h5-7H,3-4,8-11,14H2,1-2H3,(H,15,16). The van der Waals surface area contributed by atoms with Gasteiger partial charge in [-0.3, -0.25) is 0 Å². The number of aromatic nitrogens is 1. The molecule has 0 aromatic carbocycles. The molecule has 1 rings (SSSR count). The summed E-state index contributed by atoms with van der Waals surface area (Å²) in [5.41, 5.74) is 2.56. The first-order valence-electron chi connectivity index (χ1n) is 6.65. The molecule has 0 fully saturated rings. The van der Waals surface area contributed by atoms with E-state index < -0.39 is 0 Å². The highest BCUT2D eigenvalue weighted by Gasteiger charge is 2.08. The van der Waals surface area contributed by atoms with Crippen LogP contribution in [0.5, 0.6) is 0 Å². The Morgan fingerprint density at radius 1 is 1.16 bits per heavy atom. The molecule has 1 aromatic heterocycles. The SMILES string of the molecule is CCOCCN(CCOCC)c1cccc(NN)n1. The summed E-state index contributed by atoms with van der Waals surface area (Å²) in [6.45, 7) is 8.32. The molecule has 0 aliphatic rings. The molecule has 0 radical (unpaired) electrons. The normalized spacial score (nSPS) is 10.5. The summed E-state index contributed by atoms with van der Waals surface area (Å²) in [6, 6.07) is 5.71. The summed E-state index contributed by atoms with van der Waals surface area (Å²) >= 11 is 0. The highest BCUT2D eigenvalue weighted by Crippen LogP contribution is 2.13. The Balaban J connectivity index is 2.63. The number of hydrogen-bond acceptors (Lipinski definition) is 6. The Morgan fingerprint density at radius 3 is 2.32 bits per heavy atom. The third kappa shape index (κ3) is 5.87. The number of anilines is 2. The van der Waals surface area contributed by atoms with Crippen molar-refractivity contribution < 1.29 is 9.47 Å². The fraction of sp³-hybridized carbons (Fsp3) is 0.615. The summed E-state index contributed by atoms with van der Waals surface area (Å²) in [7, 11) is 0. The Bertz CT molecular complexity index is 339. The average Bonchev–Trinajstić information content (AvgIpc) is 2.46. The van der Waals surface area contributed by atoms with Gasteiger partial charge in [-0.1, -0.05) is 6.07 Å². The Morgan fingerprint density at radius 2 is 1.79 bits per heavy atom. The smallest absolute Gasteiger partial charge is 0.142 e. The van der Waals surface area contributed by atoms with E-state index in [2.05, 4.69) is 15.3 Å². The van der Waals surface area contributed by atoms with Gasteiger partial charge in [0.25, 0.3) is 0 Å². The van der Waals surface area contributed by atoms with Crippen LogP contribution in [0.2, 0.25) is 0 Å². The van der Waals surface area contributed by atoms with Crippen LogP contribution in [0.15, 0.2) is 18.2 Å². The van der Waals surface area contributed by atoms with Crippen LogP contribution >= 0.6 is 0 Å². The van der Waals surface area contributed by atoms with Crippen LogP contribution in [-0.4, -0.2) is 44.5 Å². The lowest BCUT2D eigenvalue weighted by atomic mass is 10.4. The van der Waals surface area contributed by atoms with Crippen LogP contribution < -0.4 is 16.2 Å². The van der Waals surface area contributed by atoms with E-state index in [1.165, 1.54) is 0 Å². The second kappa shape index (κ2) is 9.55. The van der Waals surface area contributed by atoms with Crippen molar-refractivity contribution in [3.05, 3.63) is 18.2 Å². The third-order valence-electron chi connectivity index (χ3n) is 2.63. The van der Waals surface area contributed by atoms with Crippen LogP contribution in [0.1, 0.15) is 13.8 Å². The van der Waals surface area contributed by atoms with Gasteiger partial charge in [0.1, 0.15) is 11.6 Å². The molecule has 108 valence electrons. The fourth-order valence-electron chi connectivity index (χ4n) is 1.66. The van der Waals surface area contributed by atoms with E-state index in [-0.39, 0.29) is 0 Å². The molecule has 0 atom stereocenters. The maximum atomic E-state index is 5.40. The minimum absolute atomic E-state index is 0.648. The molecular weight excluding hydrogens is 244 g/mol. The summed E-state index contributed by atoms with van der Waals surface area (Å²) < 4.78 is 10.8. The van der Waals surface area contributed by atoms with Crippen LogP contribution in [0.4, 0.5) is 11.6 Å². The van der Waals surface area contributed by atoms with Crippen LogP contribution in [-0.2, 0) is 9.47 Å². The van der Waals surface area contributed by atoms with E-state index in [0.717, 1.165) is 32.1 Å². The predicted molar refractivity (Wildman–Crippen MR) is 77.2 cm³/mol. The number of nitrogens with two attached hydrogens (primary N) is 1. The molecule has 0 amide bonds. The number of nitrogens with zero attached hydrogens (tertiary/aromatic N) is 2. The molecule has 6 nitrogen and oxygen atoms in total. The van der Waals surface area contributed by atoms with Crippen molar-refractivity contribution in [3.63, 3.8) is 0 Å². The number of hydrazine groups is 1. The highest BCUT2D eigenvalue weighted by molar-refractivity contribution is 5.46. The first kappa shape index (κ1) is 15.7. The lowest BCUT2D eigenvalue weighted by Gasteiger charge is -2.23. The molecule has 6 heteroatoms. The van der Waals surface area contributed by atoms with Gasteiger partial charge in [0.2, 0.25) is 0 Å². The van der Waals surface area contributed by atoms with Gasteiger partial charge in [-0.2, -0.15) is 0 Å². The van der Waals surface area contributed by atoms with Crippen LogP contribution in [0, 0.1) is 0 Å². The van der Waals surface area contributed by atoms with Crippen molar-refractivity contribution in [3.8, 4) is 0 Å². The largest absolute Gasteiger partial charge is 0.380 e. The molecular formula is C13H24N4O2. The molecule has 0 bridgehead atoms. The average molecular weight is 268 g/mol. The molecule has 1 heterocycles. The summed E-state index contributed by atoms with van der Waals surface area (Å²) in [4.78, 5) is 6.56. The predicted octanol–water partition coefficient (Wildman–Crippen LogP) is 1.25. The molecule has 0 spiro atoms. The van der Waals surface area contributed by atoms with E-state index in [9.17, 15) is 0 Å². The van der Waals surface area contributed by atoms with Crippen molar-refractivity contribution in [1.82, 2.24) is 4.98 Å². The quantitative estimate of drug-likeness (QED) is 0.378. The van der Waals surface area contributed by atoms with Crippen molar-refractivity contribution in [2.45, 2.75) is 13.8 Å². The van der Waals surface area contributed by atoms with Gasteiger partial charge in [-0.15, -0.1) is 0 Å². The second-order valence-electron chi connectivity index (χ2n) is 3.91. The zero-order chi connectivity index (χ0) is 13.9. The number of pyridine rings is 1. The summed E-state index contributed by atoms with van der Waals surface area (Å²) in [5, 5.41) is 0. The first-order valence-corrected chi connectivity index (χ1v) is 6.65. The van der Waals surface area contributed by atoms with Gasteiger partial charge in [0.05, 0.1) is 13.2 Å². The monoisotopic (exact) mass is 268 g/mol. The van der Waals surface area contributed by atoms with E-state index in [1.807, 2.05) is 32.0 Å². The third-order valence-corrected chi connectivity index (χ3v) is 2.63. The molecule has 1 aromatic rings. The maximum Gasteiger partial charge on any atom is 0.142 e. The molecule has 19 heavy (non-hydrogen) atoms. The minimum Gasteiger partial charge on any atom is -0.380 e. The lowest BCUT2D eigenvalue weighted by molar-refractivity contribution is 0.141. The Labute approximate surface area is 114 Å². The van der Waals surface area contributed by atoms with Gasteiger partial charge >= 0.3 is 0 Å². The summed E-state index contributed by atoms with van der Waals surface area (Å²) in [5.74, 6) is 6.90. The number of rotatable bonds is 10. The van der Waals surface area contributed by atoms with Gasteiger partial charge in [-0.05, 0) is 26.0 Å². The first-order chi connectivity index (χ1) is 9.31. The molecule has 0 saturated carbocycles. The van der Waals surface area contributed by atoms with Gasteiger partial charge < -0.3 is 19.8 Å². The van der Waals surface area contributed by atoms with E-state index in [4.69, 9.17) is 15.3 Å². The molecule has 3 N–H and O–H groups in total. The van der Waals surface area contributed by atoms with Crippen molar-refractivity contribution in [2.24, 2.45) is 5.84 Å². The van der Waals surface area contributed by atoms with Gasteiger partial charge in [0.15, 0.2) is 0 Å². The zero-order valence-corrected chi connectivity index (χ0v) is 11.8. The fourth-order valence-corrected chi connectivity index (χ4v) is 1.66. The number of hydrogen-bond donors (Lipinski definition) is 2. The highest BCUT2D eigenvalue weighted by atomic mass is 16.5. The summed E-state index contributed by atoms with van der Waals surface area (Å²) in [6.07, 6.45) is 0. The zero-order valence-electron chi connectivity index (χ0n) is 11.8. The molecule has 0 saturated heterocycles. The maximum absolute atomic E-state index is 5.40. The molecule has 0 aliphatic heterocycles. The second-order valence-corrected chi connectivity index (χ2v) is 3.91. The van der Waals surface area contributed by atoms with E-state index in [1.54, 1.807) is 0 Å². The van der Waals surface area contributed by atoms with Gasteiger partial charge in [-0.25, -0.2) is 10.8 Å². The Hall–Kier alpha value is -1.37. The van der Waals surface area contributed by atoms with E-state index >= 15 is 0 Å². The minimum atomic E-state index is 0.648. The van der Waals surface area contributed by atoms with Crippen LogP contribution in [0.25, 0.3) is 0 Å². The number of nitrogen functional groups attached to an aromatic ring is 1. The molecule has 0 unspecified atom stereocenters. The topological polar surface area (TPSA) is 72.6 Å². The lowest BCUT2D eigenvalue weighted by Crippen LogP contribution is -2.32. The van der Waals surface area contributed by atoms with Gasteiger partial charge in [0, 0.05) is 26.3 Å². The molecule has 0 aliphatic carbocycles. The van der Waals surface area contributed by atoms with Crippen molar-refractivity contribution in [2.75, 3.05) is 49.8 Å². The Kier molecular flexibility index (Phi) is 7.88. The van der Waals surface area contributed by atoms with E-state index in [0.29, 0.717) is 19.0 Å². The number of ether oxygens (including phenoxy) is 2.